The maximum absolute atomic E-state index is 12.5. The lowest BCUT2D eigenvalue weighted by Gasteiger charge is -2.33. The predicted octanol–water partition coefficient (Wildman–Crippen LogP) is 1.44. The van der Waals surface area contributed by atoms with E-state index in [1.807, 2.05) is 4.90 Å². The SMILES string of the molecule is O=C(NCC1CCCN(C(=O)CCC2CCCCO2)C1)C1CCCN1. The second-order valence-electron chi connectivity index (χ2n) is 7.77. The van der Waals surface area contributed by atoms with Gasteiger partial charge in [0.2, 0.25) is 11.8 Å². The van der Waals surface area contributed by atoms with Crippen molar-refractivity contribution < 1.29 is 14.3 Å². The number of carbonyl (C=O) groups excluding carboxylic acids is 2. The van der Waals surface area contributed by atoms with Crippen LogP contribution in [0.15, 0.2) is 0 Å². The van der Waals surface area contributed by atoms with Crippen molar-refractivity contribution in [3.8, 4) is 0 Å². The molecule has 142 valence electrons. The summed E-state index contributed by atoms with van der Waals surface area (Å²) in [6.07, 6.45) is 9.33. The molecule has 0 spiro atoms. The molecule has 3 aliphatic rings. The summed E-state index contributed by atoms with van der Waals surface area (Å²) in [5.41, 5.74) is 0. The van der Waals surface area contributed by atoms with Gasteiger partial charge in [-0.2, -0.15) is 0 Å². The van der Waals surface area contributed by atoms with E-state index in [-0.39, 0.29) is 24.0 Å². The van der Waals surface area contributed by atoms with E-state index >= 15 is 0 Å². The number of hydrogen-bond acceptors (Lipinski definition) is 4. The van der Waals surface area contributed by atoms with Crippen LogP contribution in [0.5, 0.6) is 0 Å². The molecule has 3 unspecified atom stereocenters. The summed E-state index contributed by atoms with van der Waals surface area (Å²) in [5, 5.41) is 6.31. The van der Waals surface area contributed by atoms with Gasteiger partial charge in [0.25, 0.3) is 0 Å². The average molecular weight is 351 g/mol. The first-order valence-electron chi connectivity index (χ1n) is 10.1. The number of nitrogens with one attached hydrogen (secondary N) is 2. The van der Waals surface area contributed by atoms with E-state index in [0.29, 0.717) is 18.9 Å². The molecule has 0 aromatic heterocycles. The molecular formula is C19H33N3O3. The van der Waals surface area contributed by atoms with Crippen molar-refractivity contribution in [2.75, 3.05) is 32.8 Å². The van der Waals surface area contributed by atoms with E-state index in [2.05, 4.69) is 10.6 Å². The van der Waals surface area contributed by atoms with E-state index < -0.39 is 0 Å². The van der Waals surface area contributed by atoms with Crippen molar-refractivity contribution in [3.05, 3.63) is 0 Å². The maximum Gasteiger partial charge on any atom is 0.237 e. The second kappa shape index (κ2) is 9.53. The van der Waals surface area contributed by atoms with Crippen LogP contribution in [0.25, 0.3) is 0 Å². The Morgan fingerprint density at radius 2 is 2.04 bits per heavy atom. The van der Waals surface area contributed by atoms with Gasteiger partial charge in [0.15, 0.2) is 0 Å². The van der Waals surface area contributed by atoms with Crippen LogP contribution in [-0.4, -0.2) is 61.6 Å². The number of carbonyl (C=O) groups is 2. The molecule has 0 bridgehead atoms. The van der Waals surface area contributed by atoms with Gasteiger partial charge in [-0.1, -0.05) is 0 Å². The molecular weight excluding hydrogens is 318 g/mol. The molecule has 3 aliphatic heterocycles. The fraction of sp³-hybridized carbons (Fsp3) is 0.895. The monoisotopic (exact) mass is 351 g/mol. The Hall–Kier alpha value is -1.14. The Balaban J connectivity index is 1.36. The first-order valence-corrected chi connectivity index (χ1v) is 10.1. The fourth-order valence-electron chi connectivity index (χ4n) is 4.21. The molecule has 0 aliphatic carbocycles. The Bertz CT molecular complexity index is 445. The molecule has 6 nitrogen and oxygen atoms in total. The minimum Gasteiger partial charge on any atom is -0.378 e. The van der Waals surface area contributed by atoms with E-state index in [1.165, 1.54) is 6.42 Å². The molecule has 6 heteroatoms. The Labute approximate surface area is 151 Å². The highest BCUT2D eigenvalue weighted by atomic mass is 16.5. The maximum atomic E-state index is 12.5. The Morgan fingerprint density at radius 3 is 2.80 bits per heavy atom. The average Bonchev–Trinajstić information content (AvgIpc) is 3.20. The Morgan fingerprint density at radius 1 is 1.12 bits per heavy atom. The normalized spacial score (nSPS) is 30.2. The molecule has 2 amide bonds. The molecule has 0 aromatic carbocycles. The summed E-state index contributed by atoms with van der Waals surface area (Å²) in [4.78, 5) is 26.6. The first-order chi connectivity index (χ1) is 12.2. The van der Waals surface area contributed by atoms with Gasteiger partial charge in [-0.05, 0) is 63.8 Å². The van der Waals surface area contributed by atoms with Crippen molar-refractivity contribution in [1.82, 2.24) is 15.5 Å². The molecule has 0 saturated carbocycles. The molecule has 3 atom stereocenters. The number of hydrogen-bond donors (Lipinski definition) is 2. The van der Waals surface area contributed by atoms with Crippen molar-refractivity contribution in [1.29, 1.82) is 0 Å². The van der Waals surface area contributed by atoms with Crippen LogP contribution in [0.3, 0.4) is 0 Å². The van der Waals surface area contributed by atoms with Crippen molar-refractivity contribution >= 4 is 11.8 Å². The standard InChI is InChI=1S/C19H33N3O3/c23-18(9-8-16-6-1-2-12-25-16)22-11-4-5-15(14-22)13-21-19(24)17-7-3-10-20-17/h15-17,20H,1-14H2,(H,21,24). The van der Waals surface area contributed by atoms with Crippen molar-refractivity contribution in [2.24, 2.45) is 5.92 Å². The molecule has 3 rings (SSSR count). The quantitative estimate of drug-likeness (QED) is 0.760. The summed E-state index contributed by atoms with van der Waals surface area (Å²) in [7, 11) is 0. The van der Waals surface area contributed by atoms with Gasteiger partial charge >= 0.3 is 0 Å². The second-order valence-corrected chi connectivity index (χ2v) is 7.77. The molecule has 3 fully saturated rings. The van der Waals surface area contributed by atoms with Crippen LogP contribution in [0.4, 0.5) is 0 Å². The topological polar surface area (TPSA) is 70.7 Å². The highest BCUT2D eigenvalue weighted by Crippen LogP contribution is 2.20. The van der Waals surface area contributed by atoms with Crippen LogP contribution >= 0.6 is 0 Å². The van der Waals surface area contributed by atoms with Crippen molar-refractivity contribution in [2.45, 2.75) is 69.9 Å². The molecule has 25 heavy (non-hydrogen) atoms. The summed E-state index contributed by atoms with van der Waals surface area (Å²) in [6.45, 7) is 4.11. The highest BCUT2D eigenvalue weighted by Gasteiger charge is 2.26. The van der Waals surface area contributed by atoms with E-state index in [9.17, 15) is 9.59 Å². The zero-order valence-electron chi connectivity index (χ0n) is 15.3. The van der Waals surface area contributed by atoms with Crippen molar-refractivity contribution in [3.63, 3.8) is 0 Å². The van der Waals surface area contributed by atoms with Gasteiger partial charge in [0.1, 0.15) is 0 Å². The number of nitrogens with zero attached hydrogens (tertiary/aromatic N) is 1. The summed E-state index contributed by atoms with van der Waals surface area (Å²) in [6, 6.07) is -0.0168. The van der Waals surface area contributed by atoms with Crippen LogP contribution < -0.4 is 10.6 Å². The Kier molecular flexibility index (Phi) is 7.11. The zero-order chi connectivity index (χ0) is 17.5. The third-order valence-electron chi connectivity index (χ3n) is 5.77. The van der Waals surface area contributed by atoms with Gasteiger partial charge in [-0.25, -0.2) is 0 Å². The zero-order valence-corrected chi connectivity index (χ0v) is 15.3. The first kappa shape index (κ1) is 18.6. The van der Waals surface area contributed by atoms with Gasteiger partial charge in [0.05, 0.1) is 12.1 Å². The van der Waals surface area contributed by atoms with E-state index in [1.54, 1.807) is 0 Å². The number of piperidine rings is 1. The van der Waals surface area contributed by atoms with Gasteiger partial charge in [0, 0.05) is 32.7 Å². The highest BCUT2D eigenvalue weighted by molar-refractivity contribution is 5.82. The van der Waals surface area contributed by atoms with Crippen LogP contribution in [0.1, 0.15) is 57.8 Å². The minimum absolute atomic E-state index is 0.0168. The molecule has 2 N–H and O–H groups in total. The fourth-order valence-corrected chi connectivity index (χ4v) is 4.21. The number of rotatable bonds is 6. The molecule has 0 aromatic rings. The summed E-state index contributed by atoms with van der Waals surface area (Å²) >= 11 is 0. The summed E-state index contributed by atoms with van der Waals surface area (Å²) in [5.74, 6) is 0.757. The number of amides is 2. The predicted molar refractivity (Wildman–Crippen MR) is 96.2 cm³/mol. The lowest BCUT2D eigenvalue weighted by atomic mass is 9.97. The number of likely N-dealkylation sites (tertiary alicyclic amines) is 1. The van der Waals surface area contributed by atoms with Crippen LogP contribution in [-0.2, 0) is 14.3 Å². The largest absolute Gasteiger partial charge is 0.378 e. The number of ether oxygens (including phenoxy) is 1. The van der Waals surface area contributed by atoms with Crippen LogP contribution in [0.2, 0.25) is 0 Å². The van der Waals surface area contributed by atoms with E-state index in [4.69, 9.17) is 4.74 Å². The van der Waals surface area contributed by atoms with Gasteiger partial charge in [-0.15, -0.1) is 0 Å². The third kappa shape index (κ3) is 5.68. The van der Waals surface area contributed by atoms with Gasteiger partial charge < -0.3 is 20.3 Å². The molecule has 3 heterocycles. The molecule has 3 saturated heterocycles. The van der Waals surface area contributed by atoms with Crippen LogP contribution in [0, 0.1) is 5.92 Å². The summed E-state index contributed by atoms with van der Waals surface area (Å²) < 4.78 is 5.73. The van der Waals surface area contributed by atoms with E-state index in [0.717, 1.165) is 71.2 Å². The molecule has 0 radical (unpaired) electrons. The smallest absolute Gasteiger partial charge is 0.237 e. The lowest BCUT2D eigenvalue weighted by Crippen LogP contribution is -2.46. The lowest BCUT2D eigenvalue weighted by molar-refractivity contribution is -0.134. The van der Waals surface area contributed by atoms with Gasteiger partial charge in [-0.3, -0.25) is 9.59 Å². The third-order valence-corrected chi connectivity index (χ3v) is 5.77. The minimum atomic E-state index is -0.0168.